The number of alkyl carbamates (subject to hydrolysis) is 1. The normalized spacial score (nSPS) is 11.2. The van der Waals surface area contributed by atoms with Gasteiger partial charge in [-0.3, -0.25) is 4.40 Å². The van der Waals surface area contributed by atoms with Gasteiger partial charge in [0.2, 0.25) is 5.65 Å². The number of fused-ring (bicyclic) bond motifs is 3. The van der Waals surface area contributed by atoms with Crippen LogP contribution in [0, 0.1) is 6.92 Å². The molecule has 0 fully saturated rings. The van der Waals surface area contributed by atoms with Crippen LogP contribution in [-0.4, -0.2) is 52.0 Å². The topological polar surface area (TPSA) is 103 Å². The number of carbonyl (C=O) groups is 1. The fourth-order valence-electron chi connectivity index (χ4n) is 2.90. The highest BCUT2D eigenvalue weighted by Gasteiger charge is 2.13. The lowest BCUT2D eigenvalue weighted by molar-refractivity contribution is 0.115. The van der Waals surface area contributed by atoms with E-state index < -0.39 is 0 Å². The van der Waals surface area contributed by atoms with Crippen LogP contribution < -0.4 is 15.4 Å². The van der Waals surface area contributed by atoms with Crippen LogP contribution in [0.3, 0.4) is 0 Å². The van der Waals surface area contributed by atoms with Crippen LogP contribution >= 0.6 is 0 Å². The Morgan fingerprint density at radius 2 is 2.00 bits per heavy atom. The zero-order valence-corrected chi connectivity index (χ0v) is 16.7. The van der Waals surface area contributed by atoms with E-state index >= 15 is 0 Å². The second-order valence-electron chi connectivity index (χ2n) is 6.74. The third kappa shape index (κ3) is 4.41. The summed E-state index contributed by atoms with van der Waals surface area (Å²) in [6.07, 6.45) is 1.19. The Bertz CT molecular complexity index is 969. The monoisotopic (exact) mass is 386 g/mol. The molecule has 0 saturated carbocycles. The molecule has 3 aromatic rings. The standard InChI is InChI=1S/C19H26N6O3/c1-12(2)28-19(26)21-10-6-5-9-20-17-18-24-23-13(3)25(18)16-8-7-14(27-4)11-15(16)22-17/h7-8,11-12H,5-6,9-10H2,1-4H3,(H,20,22)(H,21,26). The van der Waals surface area contributed by atoms with Gasteiger partial charge >= 0.3 is 6.09 Å². The van der Waals surface area contributed by atoms with Crippen LogP contribution in [0.2, 0.25) is 0 Å². The minimum atomic E-state index is -0.381. The van der Waals surface area contributed by atoms with E-state index in [-0.39, 0.29) is 12.2 Å². The summed E-state index contributed by atoms with van der Waals surface area (Å²) >= 11 is 0. The third-order valence-corrected chi connectivity index (χ3v) is 4.20. The first-order valence-electron chi connectivity index (χ1n) is 9.37. The molecule has 1 aromatic carbocycles. The highest BCUT2D eigenvalue weighted by atomic mass is 16.6. The van der Waals surface area contributed by atoms with Crippen LogP contribution in [0.4, 0.5) is 10.6 Å². The largest absolute Gasteiger partial charge is 0.497 e. The SMILES string of the molecule is COc1ccc2c(c1)nc(NCCCCNC(=O)OC(C)C)c1nnc(C)n12. The first-order valence-corrected chi connectivity index (χ1v) is 9.37. The number of aryl methyl sites for hydroxylation is 1. The van der Waals surface area contributed by atoms with E-state index in [1.807, 2.05) is 43.4 Å². The Morgan fingerprint density at radius 1 is 1.21 bits per heavy atom. The fourth-order valence-corrected chi connectivity index (χ4v) is 2.90. The maximum atomic E-state index is 11.4. The summed E-state index contributed by atoms with van der Waals surface area (Å²) in [6, 6.07) is 5.74. The van der Waals surface area contributed by atoms with Crippen molar-refractivity contribution in [3.8, 4) is 5.75 Å². The first-order chi connectivity index (χ1) is 13.5. The van der Waals surface area contributed by atoms with E-state index in [9.17, 15) is 4.79 Å². The summed E-state index contributed by atoms with van der Waals surface area (Å²) in [5, 5.41) is 14.5. The molecule has 0 unspecified atom stereocenters. The van der Waals surface area contributed by atoms with E-state index in [1.54, 1.807) is 7.11 Å². The predicted octanol–water partition coefficient (Wildman–Crippen LogP) is 2.92. The number of rotatable bonds is 8. The molecule has 0 saturated heterocycles. The first kappa shape index (κ1) is 19.7. The molecule has 0 aliphatic carbocycles. The Kier molecular flexibility index (Phi) is 6.13. The summed E-state index contributed by atoms with van der Waals surface area (Å²) in [6.45, 7) is 6.82. The summed E-state index contributed by atoms with van der Waals surface area (Å²) in [7, 11) is 1.63. The number of methoxy groups -OCH3 is 1. The van der Waals surface area contributed by atoms with Crippen molar-refractivity contribution >= 4 is 28.6 Å². The third-order valence-electron chi connectivity index (χ3n) is 4.20. The quantitative estimate of drug-likeness (QED) is 0.574. The number of unbranched alkanes of at least 4 members (excludes halogenated alkanes) is 1. The lowest BCUT2D eigenvalue weighted by Crippen LogP contribution is -2.27. The minimum Gasteiger partial charge on any atom is -0.497 e. The van der Waals surface area contributed by atoms with Gasteiger partial charge in [-0.2, -0.15) is 0 Å². The Labute approximate surface area is 163 Å². The summed E-state index contributed by atoms with van der Waals surface area (Å²) in [4.78, 5) is 16.1. The number of nitrogens with one attached hydrogen (secondary N) is 2. The van der Waals surface area contributed by atoms with Gasteiger partial charge in [-0.15, -0.1) is 10.2 Å². The van der Waals surface area contributed by atoms with E-state index in [4.69, 9.17) is 14.5 Å². The molecule has 0 atom stereocenters. The number of hydrogen-bond acceptors (Lipinski definition) is 7. The molecule has 0 aliphatic heterocycles. The van der Waals surface area contributed by atoms with Crippen LogP contribution in [0.1, 0.15) is 32.5 Å². The molecule has 28 heavy (non-hydrogen) atoms. The Hall–Kier alpha value is -3.10. The van der Waals surface area contributed by atoms with Crippen molar-refractivity contribution in [2.24, 2.45) is 0 Å². The Balaban J connectivity index is 1.65. The summed E-state index contributed by atoms with van der Waals surface area (Å²) < 4.78 is 12.3. The van der Waals surface area contributed by atoms with Crippen molar-refractivity contribution in [3.63, 3.8) is 0 Å². The van der Waals surface area contributed by atoms with Gasteiger partial charge in [0.1, 0.15) is 11.6 Å². The van der Waals surface area contributed by atoms with Gasteiger partial charge in [-0.05, 0) is 45.7 Å². The maximum Gasteiger partial charge on any atom is 0.407 e. The van der Waals surface area contributed by atoms with E-state index in [2.05, 4.69) is 20.8 Å². The lowest BCUT2D eigenvalue weighted by atomic mass is 10.2. The highest BCUT2D eigenvalue weighted by molar-refractivity contribution is 5.84. The molecule has 2 aromatic heterocycles. The average Bonchev–Trinajstić information content (AvgIpc) is 3.05. The van der Waals surface area contributed by atoms with Gasteiger partial charge in [0, 0.05) is 19.2 Å². The highest BCUT2D eigenvalue weighted by Crippen LogP contribution is 2.24. The molecule has 0 radical (unpaired) electrons. The Morgan fingerprint density at radius 3 is 2.75 bits per heavy atom. The predicted molar refractivity (Wildman–Crippen MR) is 107 cm³/mol. The van der Waals surface area contributed by atoms with Crippen LogP contribution in [0.25, 0.3) is 16.7 Å². The van der Waals surface area contributed by atoms with Crippen molar-refractivity contribution < 1.29 is 14.3 Å². The number of carbonyl (C=O) groups excluding carboxylic acids is 1. The maximum absolute atomic E-state index is 11.4. The molecule has 150 valence electrons. The number of ether oxygens (including phenoxy) is 2. The average molecular weight is 386 g/mol. The number of hydrogen-bond donors (Lipinski definition) is 2. The molecule has 2 heterocycles. The minimum absolute atomic E-state index is 0.117. The molecular weight excluding hydrogens is 360 g/mol. The molecule has 0 aliphatic rings. The fraction of sp³-hybridized carbons (Fsp3) is 0.474. The van der Waals surface area contributed by atoms with Crippen molar-refractivity contribution in [2.45, 2.75) is 39.7 Å². The van der Waals surface area contributed by atoms with Gasteiger partial charge in [0.15, 0.2) is 5.82 Å². The zero-order chi connectivity index (χ0) is 20.1. The summed E-state index contributed by atoms with van der Waals surface area (Å²) in [5.41, 5.74) is 2.42. The van der Waals surface area contributed by atoms with Crippen molar-refractivity contribution in [2.75, 3.05) is 25.5 Å². The van der Waals surface area contributed by atoms with Gasteiger partial charge in [-0.1, -0.05) is 0 Å². The van der Waals surface area contributed by atoms with Crippen LogP contribution in [0.15, 0.2) is 18.2 Å². The van der Waals surface area contributed by atoms with Crippen molar-refractivity contribution in [1.29, 1.82) is 0 Å². The van der Waals surface area contributed by atoms with E-state index in [1.165, 1.54) is 0 Å². The second-order valence-corrected chi connectivity index (χ2v) is 6.74. The van der Waals surface area contributed by atoms with Crippen molar-refractivity contribution in [3.05, 3.63) is 24.0 Å². The van der Waals surface area contributed by atoms with Crippen LogP contribution in [0.5, 0.6) is 5.75 Å². The number of nitrogens with zero attached hydrogens (tertiary/aromatic N) is 4. The smallest absolute Gasteiger partial charge is 0.407 e. The molecule has 9 heteroatoms. The van der Waals surface area contributed by atoms with Gasteiger partial charge in [0.25, 0.3) is 0 Å². The van der Waals surface area contributed by atoms with Gasteiger partial charge in [0.05, 0.1) is 24.2 Å². The van der Waals surface area contributed by atoms with E-state index in [0.717, 1.165) is 35.4 Å². The molecular formula is C19H26N6O3. The molecule has 2 N–H and O–H groups in total. The lowest BCUT2D eigenvalue weighted by Gasteiger charge is -2.11. The van der Waals surface area contributed by atoms with Crippen LogP contribution in [-0.2, 0) is 4.74 Å². The number of anilines is 1. The molecule has 1 amide bonds. The molecule has 0 bridgehead atoms. The number of aromatic nitrogens is 4. The number of amides is 1. The summed E-state index contributed by atoms with van der Waals surface area (Å²) in [5.74, 6) is 2.22. The zero-order valence-electron chi connectivity index (χ0n) is 16.7. The molecule has 3 rings (SSSR count). The molecule has 9 nitrogen and oxygen atoms in total. The van der Waals surface area contributed by atoms with Crippen molar-refractivity contribution in [1.82, 2.24) is 24.9 Å². The van der Waals surface area contributed by atoms with Gasteiger partial charge in [-0.25, -0.2) is 9.78 Å². The number of benzene rings is 1. The van der Waals surface area contributed by atoms with Gasteiger partial charge < -0.3 is 20.1 Å². The molecule has 0 spiro atoms. The second kappa shape index (κ2) is 8.73. The van der Waals surface area contributed by atoms with E-state index in [0.29, 0.717) is 24.6 Å².